The molecule has 0 radical (unpaired) electrons. The van der Waals surface area contributed by atoms with Crippen LogP contribution in [0.15, 0.2) is 47.8 Å². The summed E-state index contributed by atoms with van der Waals surface area (Å²) >= 11 is 1.61. The summed E-state index contributed by atoms with van der Waals surface area (Å²) in [5, 5.41) is 12.2. The predicted octanol–water partition coefficient (Wildman–Crippen LogP) is 2.50. The largest absolute Gasteiger partial charge is 0.391 e. The number of hydrogen-bond acceptors (Lipinski definition) is 3. The second-order valence-electron chi connectivity index (χ2n) is 5.46. The Morgan fingerprint density at radius 3 is 2.76 bits per heavy atom. The number of nitrogens with zero attached hydrogens (tertiary/aromatic N) is 1. The maximum Gasteiger partial charge on any atom is 0.228 e. The molecule has 0 bridgehead atoms. The number of likely N-dealkylation sites (tertiary alicyclic amines) is 1. The van der Waals surface area contributed by atoms with Gasteiger partial charge in [0.1, 0.15) is 0 Å². The van der Waals surface area contributed by atoms with Crippen molar-refractivity contribution in [3.05, 3.63) is 58.3 Å². The van der Waals surface area contributed by atoms with Gasteiger partial charge in [-0.2, -0.15) is 0 Å². The average molecular weight is 301 g/mol. The Morgan fingerprint density at radius 1 is 1.24 bits per heavy atom. The number of amides is 1. The molecule has 21 heavy (non-hydrogen) atoms. The highest BCUT2D eigenvalue weighted by atomic mass is 32.1. The van der Waals surface area contributed by atoms with Crippen molar-refractivity contribution in [2.45, 2.75) is 31.4 Å². The summed E-state index contributed by atoms with van der Waals surface area (Å²) in [5.74, 6) is 0.120. The van der Waals surface area contributed by atoms with Crippen LogP contribution in [0.3, 0.4) is 0 Å². The summed E-state index contributed by atoms with van der Waals surface area (Å²) in [7, 11) is 0. The Bertz CT molecular complexity index is 582. The summed E-state index contributed by atoms with van der Waals surface area (Å²) in [6.07, 6.45) is 1.42. The van der Waals surface area contributed by atoms with Crippen molar-refractivity contribution in [1.82, 2.24) is 4.90 Å². The Labute approximate surface area is 128 Å². The van der Waals surface area contributed by atoms with Crippen molar-refractivity contribution < 1.29 is 9.90 Å². The molecule has 1 saturated heterocycles. The van der Waals surface area contributed by atoms with Crippen molar-refractivity contribution in [3.63, 3.8) is 0 Å². The lowest BCUT2D eigenvalue weighted by atomic mass is 10.0. The van der Waals surface area contributed by atoms with E-state index in [1.54, 1.807) is 11.3 Å². The van der Waals surface area contributed by atoms with Crippen molar-refractivity contribution in [2.24, 2.45) is 0 Å². The third-order valence-electron chi connectivity index (χ3n) is 4.02. The molecule has 1 aromatic heterocycles. The third kappa shape index (κ3) is 3.34. The molecule has 1 aliphatic heterocycles. The molecule has 110 valence electrons. The molecule has 0 unspecified atom stereocenters. The zero-order valence-electron chi connectivity index (χ0n) is 11.8. The van der Waals surface area contributed by atoms with Crippen molar-refractivity contribution in [3.8, 4) is 0 Å². The van der Waals surface area contributed by atoms with Crippen LogP contribution in [0.2, 0.25) is 0 Å². The highest BCUT2D eigenvalue weighted by molar-refractivity contribution is 7.10. The van der Waals surface area contributed by atoms with E-state index in [0.29, 0.717) is 19.4 Å². The first-order valence-electron chi connectivity index (χ1n) is 7.28. The van der Waals surface area contributed by atoms with E-state index in [0.717, 1.165) is 16.9 Å². The normalized spacial score (nSPS) is 21.7. The topological polar surface area (TPSA) is 40.5 Å². The molecule has 1 fully saturated rings. The van der Waals surface area contributed by atoms with E-state index in [4.69, 9.17) is 0 Å². The molecule has 0 spiro atoms. The van der Waals surface area contributed by atoms with E-state index in [2.05, 4.69) is 0 Å². The van der Waals surface area contributed by atoms with Crippen molar-refractivity contribution in [1.29, 1.82) is 0 Å². The molecule has 1 aliphatic rings. The quantitative estimate of drug-likeness (QED) is 0.942. The molecule has 0 aliphatic carbocycles. The van der Waals surface area contributed by atoms with Gasteiger partial charge in [-0.1, -0.05) is 36.4 Å². The molecule has 1 amide bonds. The SMILES string of the molecule is O=C(Cc1cccs1)N1CC[C@@H](O)[C@@H]1Cc1ccccc1. The van der Waals surface area contributed by atoms with Gasteiger partial charge in [0.15, 0.2) is 0 Å². The van der Waals surface area contributed by atoms with Crippen LogP contribution in [0.25, 0.3) is 0 Å². The first-order chi connectivity index (χ1) is 10.2. The Morgan fingerprint density at radius 2 is 2.05 bits per heavy atom. The number of carbonyl (C=O) groups excluding carboxylic acids is 1. The molecule has 1 N–H and O–H groups in total. The van der Waals surface area contributed by atoms with E-state index in [1.807, 2.05) is 52.7 Å². The monoisotopic (exact) mass is 301 g/mol. The molecule has 2 aromatic rings. The Balaban J connectivity index is 1.70. The van der Waals surface area contributed by atoms with Crippen LogP contribution in [0.5, 0.6) is 0 Å². The average Bonchev–Trinajstić information content (AvgIpc) is 3.11. The summed E-state index contributed by atoms with van der Waals surface area (Å²) in [5.41, 5.74) is 1.16. The molecular weight excluding hydrogens is 282 g/mol. The van der Waals surface area contributed by atoms with Gasteiger partial charge in [0, 0.05) is 11.4 Å². The van der Waals surface area contributed by atoms with E-state index >= 15 is 0 Å². The fourth-order valence-corrected chi connectivity index (χ4v) is 3.61. The second kappa shape index (κ2) is 6.41. The smallest absolute Gasteiger partial charge is 0.228 e. The van der Waals surface area contributed by atoms with Gasteiger partial charge in [0.25, 0.3) is 0 Å². The van der Waals surface area contributed by atoms with E-state index in [-0.39, 0.29) is 11.9 Å². The van der Waals surface area contributed by atoms with Gasteiger partial charge in [-0.25, -0.2) is 0 Å². The van der Waals surface area contributed by atoms with Gasteiger partial charge in [-0.3, -0.25) is 4.79 Å². The maximum absolute atomic E-state index is 12.5. The summed E-state index contributed by atoms with van der Waals surface area (Å²) < 4.78 is 0. The minimum Gasteiger partial charge on any atom is -0.391 e. The van der Waals surface area contributed by atoms with Crippen LogP contribution in [-0.4, -0.2) is 34.6 Å². The summed E-state index contributed by atoms with van der Waals surface area (Å²) in [6.45, 7) is 0.656. The first-order valence-corrected chi connectivity index (χ1v) is 8.16. The van der Waals surface area contributed by atoms with Gasteiger partial charge in [-0.15, -0.1) is 11.3 Å². The van der Waals surface area contributed by atoms with Crippen LogP contribution in [0.1, 0.15) is 16.9 Å². The van der Waals surface area contributed by atoms with Crippen LogP contribution in [-0.2, 0) is 17.6 Å². The molecule has 3 rings (SSSR count). The van der Waals surface area contributed by atoms with Gasteiger partial charge < -0.3 is 10.0 Å². The summed E-state index contributed by atoms with van der Waals surface area (Å²) in [6, 6.07) is 13.9. The number of aliphatic hydroxyl groups excluding tert-OH is 1. The summed E-state index contributed by atoms with van der Waals surface area (Å²) in [4.78, 5) is 15.4. The van der Waals surface area contributed by atoms with E-state index in [1.165, 1.54) is 0 Å². The third-order valence-corrected chi connectivity index (χ3v) is 4.90. The van der Waals surface area contributed by atoms with Gasteiger partial charge in [0.05, 0.1) is 18.6 Å². The number of aliphatic hydroxyl groups is 1. The predicted molar refractivity (Wildman–Crippen MR) is 84.3 cm³/mol. The van der Waals surface area contributed by atoms with Crippen LogP contribution < -0.4 is 0 Å². The van der Waals surface area contributed by atoms with Gasteiger partial charge in [-0.05, 0) is 29.9 Å². The van der Waals surface area contributed by atoms with Crippen molar-refractivity contribution >= 4 is 17.2 Å². The fourth-order valence-electron chi connectivity index (χ4n) is 2.91. The molecule has 3 nitrogen and oxygen atoms in total. The Kier molecular flexibility index (Phi) is 4.36. The number of rotatable bonds is 4. The molecule has 4 heteroatoms. The lowest BCUT2D eigenvalue weighted by Crippen LogP contribution is -2.41. The number of thiophene rings is 1. The Hall–Kier alpha value is -1.65. The maximum atomic E-state index is 12.5. The minimum absolute atomic E-state index is 0.0973. The zero-order valence-corrected chi connectivity index (χ0v) is 12.6. The van der Waals surface area contributed by atoms with Crippen LogP contribution in [0.4, 0.5) is 0 Å². The molecule has 0 saturated carbocycles. The molecule has 2 atom stereocenters. The van der Waals surface area contributed by atoms with E-state index < -0.39 is 6.10 Å². The second-order valence-corrected chi connectivity index (χ2v) is 6.49. The number of carbonyl (C=O) groups is 1. The number of hydrogen-bond donors (Lipinski definition) is 1. The van der Waals surface area contributed by atoms with Crippen LogP contribution in [0, 0.1) is 0 Å². The van der Waals surface area contributed by atoms with Crippen molar-refractivity contribution in [2.75, 3.05) is 6.54 Å². The van der Waals surface area contributed by atoms with Gasteiger partial charge >= 0.3 is 0 Å². The molecular formula is C17H19NO2S. The number of benzene rings is 1. The fraction of sp³-hybridized carbons (Fsp3) is 0.353. The lowest BCUT2D eigenvalue weighted by Gasteiger charge is -2.26. The highest BCUT2D eigenvalue weighted by Crippen LogP contribution is 2.23. The van der Waals surface area contributed by atoms with Crippen LogP contribution >= 0.6 is 11.3 Å². The molecule has 2 heterocycles. The minimum atomic E-state index is -0.419. The molecule has 1 aromatic carbocycles. The zero-order chi connectivity index (χ0) is 14.7. The highest BCUT2D eigenvalue weighted by Gasteiger charge is 2.35. The standard InChI is InChI=1S/C17H19NO2S/c19-16-8-9-18(17(20)12-14-7-4-10-21-14)15(16)11-13-5-2-1-3-6-13/h1-7,10,15-16,19H,8-9,11-12H2/t15-,16+/m0/s1. The lowest BCUT2D eigenvalue weighted by molar-refractivity contribution is -0.132. The first kappa shape index (κ1) is 14.3. The van der Waals surface area contributed by atoms with Gasteiger partial charge in [0.2, 0.25) is 5.91 Å². The van der Waals surface area contributed by atoms with E-state index in [9.17, 15) is 9.90 Å².